The number of hydrazine groups is 1. The number of carbonyl (C=O) groups is 1. The summed E-state index contributed by atoms with van der Waals surface area (Å²) in [4.78, 5) is 11.4. The summed E-state index contributed by atoms with van der Waals surface area (Å²) in [7, 11) is 0. The van der Waals surface area contributed by atoms with Gasteiger partial charge in [0.2, 0.25) is 0 Å². The molecule has 0 aliphatic carbocycles. The van der Waals surface area contributed by atoms with Crippen LogP contribution in [-0.2, 0) is 11.2 Å². The highest BCUT2D eigenvalue weighted by molar-refractivity contribution is 5.68. The molecule has 1 aliphatic heterocycles. The molecule has 1 atom stereocenters. The van der Waals surface area contributed by atoms with Crippen molar-refractivity contribution in [3.05, 3.63) is 48.6 Å². The Morgan fingerprint density at radius 1 is 1.42 bits per heavy atom. The minimum absolute atomic E-state index is 0.211. The molecule has 19 heavy (non-hydrogen) atoms. The highest BCUT2D eigenvalue weighted by Crippen LogP contribution is 2.10. The number of benzene rings is 1. The Balaban J connectivity index is 1.85. The average molecular weight is 260 g/mol. The van der Waals surface area contributed by atoms with Crippen LogP contribution in [0.15, 0.2) is 43.0 Å². The molecule has 0 spiro atoms. The second-order valence-electron chi connectivity index (χ2n) is 4.64. The van der Waals surface area contributed by atoms with E-state index in [2.05, 4.69) is 24.1 Å². The van der Waals surface area contributed by atoms with Crippen molar-refractivity contribution in [3.63, 3.8) is 0 Å². The lowest BCUT2D eigenvalue weighted by Gasteiger charge is -2.22. The van der Waals surface area contributed by atoms with Crippen LogP contribution in [0.3, 0.4) is 0 Å². The number of carbonyl (C=O) groups excluding carboxylic acids is 1. The molecule has 4 heteroatoms. The lowest BCUT2D eigenvalue weighted by molar-refractivity contribution is 0.137. The van der Waals surface area contributed by atoms with Gasteiger partial charge in [-0.1, -0.05) is 36.4 Å². The van der Waals surface area contributed by atoms with Gasteiger partial charge in [-0.2, -0.15) is 0 Å². The van der Waals surface area contributed by atoms with Gasteiger partial charge >= 0.3 is 6.09 Å². The summed E-state index contributed by atoms with van der Waals surface area (Å²) in [5.74, 6) is 0. The third-order valence-electron chi connectivity index (χ3n) is 3.17. The molecule has 1 aliphatic rings. The quantitative estimate of drug-likeness (QED) is 0.766. The standard InChI is InChI=1S/C15H20N2O2/c1-2-6-14(16-17-11-12-19-15(17)18)10-9-13-7-4-3-5-8-13/h2-5,7-8,14,16H,1,6,9-12H2/t14-/m1/s1. The predicted octanol–water partition coefficient (Wildman–Crippen LogP) is 2.52. The van der Waals surface area contributed by atoms with Crippen LogP contribution in [0.5, 0.6) is 0 Å². The zero-order chi connectivity index (χ0) is 13.5. The summed E-state index contributed by atoms with van der Waals surface area (Å²) < 4.78 is 4.91. The van der Waals surface area contributed by atoms with Crippen LogP contribution in [0.4, 0.5) is 4.79 Å². The molecule has 1 saturated heterocycles. The van der Waals surface area contributed by atoms with E-state index in [0.29, 0.717) is 13.2 Å². The lowest BCUT2D eigenvalue weighted by atomic mass is 10.0. The smallest absolute Gasteiger partial charge is 0.424 e. The van der Waals surface area contributed by atoms with E-state index in [4.69, 9.17) is 4.74 Å². The molecular formula is C15H20N2O2. The van der Waals surface area contributed by atoms with Crippen molar-refractivity contribution in [1.82, 2.24) is 10.4 Å². The molecule has 1 aromatic carbocycles. The van der Waals surface area contributed by atoms with Crippen molar-refractivity contribution in [2.75, 3.05) is 13.2 Å². The van der Waals surface area contributed by atoms with Gasteiger partial charge in [-0.25, -0.2) is 15.2 Å². The zero-order valence-corrected chi connectivity index (χ0v) is 11.0. The normalized spacial score (nSPS) is 16.2. The molecule has 4 nitrogen and oxygen atoms in total. The van der Waals surface area contributed by atoms with E-state index < -0.39 is 0 Å². The van der Waals surface area contributed by atoms with Crippen LogP contribution in [0.2, 0.25) is 0 Å². The summed E-state index contributed by atoms with van der Waals surface area (Å²) in [5, 5.41) is 1.55. The third-order valence-corrected chi connectivity index (χ3v) is 3.17. The molecular weight excluding hydrogens is 240 g/mol. The van der Waals surface area contributed by atoms with Crippen molar-refractivity contribution in [3.8, 4) is 0 Å². The Morgan fingerprint density at radius 2 is 2.21 bits per heavy atom. The monoisotopic (exact) mass is 260 g/mol. The van der Waals surface area contributed by atoms with Gasteiger partial charge in [-0.15, -0.1) is 6.58 Å². The Bertz CT molecular complexity index is 419. The SMILES string of the molecule is C=CC[C@H](CCc1ccccc1)NN1CCOC1=O. The van der Waals surface area contributed by atoms with E-state index >= 15 is 0 Å². The fraction of sp³-hybridized carbons (Fsp3) is 0.400. The summed E-state index contributed by atoms with van der Waals surface area (Å²) in [6.07, 6.45) is 4.36. The molecule has 2 rings (SSSR count). The topological polar surface area (TPSA) is 41.6 Å². The number of nitrogens with one attached hydrogen (secondary N) is 1. The maximum Gasteiger partial charge on any atom is 0.424 e. The second kappa shape index (κ2) is 6.95. The number of rotatable bonds is 7. The first-order valence-corrected chi connectivity index (χ1v) is 6.65. The molecule has 1 amide bonds. The van der Waals surface area contributed by atoms with Crippen LogP contribution < -0.4 is 5.43 Å². The van der Waals surface area contributed by atoms with Gasteiger partial charge in [0.15, 0.2) is 0 Å². The Labute approximate surface area is 114 Å². The number of cyclic esters (lactones) is 1. The van der Waals surface area contributed by atoms with Crippen LogP contribution in [0.25, 0.3) is 0 Å². The Morgan fingerprint density at radius 3 is 2.84 bits per heavy atom. The molecule has 0 unspecified atom stereocenters. The van der Waals surface area contributed by atoms with E-state index in [0.717, 1.165) is 19.3 Å². The van der Waals surface area contributed by atoms with Gasteiger partial charge in [-0.3, -0.25) is 0 Å². The van der Waals surface area contributed by atoms with Crippen molar-refractivity contribution >= 4 is 6.09 Å². The number of hydrogen-bond donors (Lipinski definition) is 1. The van der Waals surface area contributed by atoms with Gasteiger partial charge in [0.1, 0.15) is 6.61 Å². The van der Waals surface area contributed by atoms with Crippen molar-refractivity contribution in [1.29, 1.82) is 0 Å². The molecule has 1 heterocycles. The summed E-state index contributed by atoms with van der Waals surface area (Å²) in [6.45, 7) is 4.85. The van der Waals surface area contributed by atoms with Crippen LogP contribution >= 0.6 is 0 Å². The highest BCUT2D eigenvalue weighted by atomic mass is 16.6. The molecule has 1 fully saturated rings. The van der Waals surface area contributed by atoms with E-state index in [1.807, 2.05) is 24.3 Å². The minimum atomic E-state index is -0.284. The number of hydrogen-bond acceptors (Lipinski definition) is 3. The number of ether oxygens (including phenoxy) is 1. The zero-order valence-electron chi connectivity index (χ0n) is 11.0. The van der Waals surface area contributed by atoms with Gasteiger partial charge in [0.05, 0.1) is 6.54 Å². The summed E-state index contributed by atoms with van der Waals surface area (Å²) in [5.41, 5.74) is 4.53. The van der Waals surface area contributed by atoms with Gasteiger partial charge in [-0.05, 0) is 24.8 Å². The van der Waals surface area contributed by atoms with Crippen molar-refractivity contribution in [2.45, 2.75) is 25.3 Å². The fourth-order valence-corrected chi connectivity index (χ4v) is 2.15. The van der Waals surface area contributed by atoms with E-state index in [9.17, 15) is 4.79 Å². The Hall–Kier alpha value is -1.81. The maximum atomic E-state index is 11.4. The first-order chi connectivity index (χ1) is 9.29. The number of aryl methyl sites for hydroxylation is 1. The predicted molar refractivity (Wildman–Crippen MR) is 74.6 cm³/mol. The van der Waals surface area contributed by atoms with E-state index in [1.165, 1.54) is 5.56 Å². The van der Waals surface area contributed by atoms with E-state index in [-0.39, 0.29) is 12.1 Å². The minimum Gasteiger partial charge on any atom is -0.447 e. The summed E-state index contributed by atoms with van der Waals surface area (Å²) in [6, 6.07) is 10.6. The maximum absolute atomic E-state index is 11.4. The largest absolute Gasteiger partial charge is 0.447 e. The Kier molecular flexibility index (Phi) is 4.98. The third kappa shape index (κ3) is 4.10. The molecule has 0 bridgehead atoms. The molecule has 0 aromatic heterocycles. The molecule has 0 radical (unpaired) electrons. The van der Waals surface area contributed by atoms with Gasteiger partial charge in [0, 0.05) is 6.04 Å². The highest BCUT2D eigenvalue weighted by Gasteiger charge is 2.24. The van der Waals surface area contributed by atoms with Crippen LogP contribution in [0, 0.1) is 0 Å². The number of amides is 1. The fourth-order valence-electron chi connectivity index (χ4n) is 2.15. The molecule has 102 valence electrons. The molecule has 0 saturated carbocycles. The van der Waals surface area contributed by atoms with Crippen molar-refractivity contribution in [2.24, 2.45) is 0 Å². The van der Waals surface area contributed by atoms with Crippen molar-refractivity contribution < 1.29 is 9.53 Å². The first kappa shape index (κ1) is 13.6. The van der Waals surface area contributed by atoms with E-state index in [1.54, 1.807) is 5.01 Å². The van der Waals surface area contributed by atoms with Crippen LogP contribution in [-0.4, -0.2) is 30.3 Å². The molecule has 1 N–H and O–H groups in total. The van der Waals surface area contributed by atoms with Gasteiger partial charge < -0.3 is 4.74 Å². The number of nitrogens with zero attached hydrogens (tertiary/aromatic N) is 1. The molecule has 1 aromatic rings. The lowest BCUT2D eigenvalue weighted by Crippen LogP contribution is -2.45. The second-order valence-corrected chi connectivity index (χ2v) is 4.64. The van der Waals surface area contributed by atoms with Gasteiger partial charge in [0.25, 0.3) is 0 Å². The summed E-state index contributed by atoms with van der Waals surface area (Å²) >= 11 is 0. The average Bonchev–Trinajstić information content (AvgIpc) is 2.83. The first-order valence-electron chi connectivity index (χ1n) is 6.65. The van der Waals surface area contributed by atoms with Crippen LogP contribution in [0.1, 0.15) is 18.4 Å².